The number of ether oxygens (including phenoxy) is 1. The fourth-order valence-corrected chi connectivity index (χ4v) is 3.61. The zero-order valence-corrected chi connectivity index (χ0v) is 16.5. The van der Waals surface area contributed by atoms with Gasteiger partial charge in [0.25, 0.3) is 5.91 Å². The van der Waals surface area contributed by atoms with Crippen LogP contribution in [0.25, 0.3) is 11.3 Å². The van der Waals surface area contributed by atoms with Crippen LogP contribution >= 0.6 is 0 Å². The van der Waals surface area contributed by atoms with Crippen LogP contribution in [0.5, 0.6) is 5.75 Å². The number of nitrogens with one attached hydrogen (secondary N) is 2. The maximum atomic E-state index is 12.4. The molecule has 1 fully saturated rings. The lowest BCUT2D eigenvalue weighted by Crippen LogP contribution is -2.38. The van der Waals surface area contributed by atoms with Crippen molar-refractivity contribution in [2.75, 3.05) is 31.6 Å². The third kappa shape index (κ3) is 4.56. The van der Waals surface area contributed by atoms with Gasteiger partial charge in [0.1, 0.15) is 5.75 Å². The summed E-state index contributed by atoms with van der Waals surface area (Å²) in [5, 5.41) is 10.6. The Hall–Kier alpha value is -3.35. The van der Waals surface area contributed by atoms with Crippen molar-refractivity contribution in [3.8, 4) is 17.0 Å². The first-order valence-corrected chi connectivity index (χ1v) is 9.86. The molecule has 7 heteroatoms. The van der Waals surface area contributed by atoms with Gasteiger partial charge in [-0.25, -0.2) is 0 Å². The fourth-order valence-electron chi connectivity index (χ4n) is 3.61. The normalized spacial score (nSPS) is 14.6. The molecule has 29 heavy (non-hydrogen) atoms. The van der Waals surface area contributed by atoms with Gasteiger partial charge >= 0.3 is 0 Å². The summed E-state index contributed by atoms with van der Waals surface area (Å²) in [6, 6.07) is 13.2. The number of pyridine rings is 1. The van der Waals surface area contributed by atoms with Crippen LogP contribution in [0.2, 0.25) is 0 Å². The highest BCUT2D eigenvalue weighted by molar-refractivity contribution is 5.94. The Kier molecular flexibility index (Phi) is 5.74. The van der Waals surface area contributed by atoms with E-state index in [0.29, 0.717) is 23.8 Å². The minimum absolute atomic E-state index is 0.0558. The number of methoxy groups -OCH3 is 1. The standard InChI is InChI=1S/C22H25N5O2/c1-29-19-6-2-4-17(12-19)22(28)24-14-16-7-10-27(11-8-16)21-13-20(25-26-21)18-5-3-9-23-15-18/h2-6,9,12-13,15-16H,7-8,10-11,14H2,1H3,(H,24,28)(H,25,26). The van der Waals surface area contributed by atoms with Crippen molar-refractivity contribution in [3.63, 3.8) is 0 Å². The van der Waals surface area contributed by atoms with Crippen LogP contribution in [0, 0.1) is 5.92 Å². The van der Waals surface area contributed by atoms with Gasteiger partial charge in [-0.2, -0.15) is 5.10 Å². The van der Waals surface area contributed by atoms with Gasteiger partial charge in [-0.15, -0.1) is 0 Å². The van der Waals surface area contributed by atoms with E-state index in [2.05, 4.69) is 31.5 Å². The van der Waals surface area contributed by atoms with Crippen LogP contribution < -0.4 is 15.0 Å². The molecule has 1 aromatic carbocycles. The quantitative estimate of drug-likeness (QED) is 0.675. The number of carbonyl (C=O) groups excluding carboxylic acids is 1. The van der Waals surface area contributed by atoms with Crippen LogP contribution in [-0.2, 0) is 0 Å². The predicted octanol–water partition coefficient (Wildman–Crippen LogP) is 3.13. The summed E-state index contributed by atoms with van der Waals surface area (Å²) in [5.74, 6) is 2.07. The maximum absolute atomic E-state index is 12.4. The Balaban J connectivity index is 1.27. The highest BCUT2D eigenvalue weighted by atomic mass is 16.5. The Labute approximate surface area is 170 Å². The maximum Gasteiger partial charge on any atom is 0.251 e. The molecule has 2 N–H and O–H groups in total. The number of carbonyl (C=O) groups is 1. The van der Waals surface area contributed by atoms with Gasteiger partial charge in [0.2, 0.25) is 0 Å². The molecule has 0 saturated carbocycles. The van der Waals surface area contributed by atoms with Gasteiger partial charge in [-0.1, -0.05) is 6.07 Å². The van der Waals surface area contributed by atoms with E-state index in [0.717, 1.165) is 43.0 Å². The average molecular weight is 391 g/mol. The molecule has 0 unspecified atom stereocenters. The van der Waals surface area contributed by atoms with Gasteiger partial charge in [0.05, 0.1) is 12.8 Å². The molecule has 1 saturated heterocycles. The van der Waals surface area contributed by atoms with E-state index in [-0.39, 0.29) is 5.91 Å². The number of aromatic amines is 1. The molecule has 7 nitrogen and oxygen atoms in total. The molecule has 3 heterocycles. The van der Waals surface area contributed by atoms with Crippen LogP contribution in [-0.4, -0.2) is 47.8 Å². The largest absolute Gasteiger partial charge is 0.497 e. The third-order valence-corrected chi connectivity index (χ3v) is 5.36. The van der Waals surface area contributed by atoms with Crippen molar-refractivity contribution >= 4 is 11.7 Å². The van der Waals surface area contributed by atoms with E-state index >= 15 is 0 Å². The molecule has 4 rings (SSSR count). The zero-order valence-electron chi connectivity index (χ0n) is 16.5. The van der Waals surface area contributed by atoms with E-state index in [1.807, 2.05) is 30.5 Å². The molecular formula is C22H25N5O2. The zero-order chi connectivity index (χ0) is 20.1. The number of benzene rings is 1. The Morgan fingerprint density at radius 3 is 2.86 bits per heavy atom. The van der Waals surface area contributed by atoms with Crippen molar-refractivity contribution in [3.05, 3.63) is 60.4 Å². The monoisotopic (exact) mass is 391 g/mol. The summed E-state index contributed by atoms with van der Waals surface area (Å²) in [6.07, 6.45) is 5.63. The molecule has 2 aromatic heterocycles. The van der Waals surface area contributed by atoms with Crippen molar-refractivity contribution in [2.45, 2.75) is 12.8 Å². The Morgan fingerprint density at radius 2 is 2.10 bits per heavy atom. The number of anilines is 1. The van der Waals surface area contributed by atoms with Gasteiger partial charge in [-0.05, 0) is 49.1 Å². The third-order valence-electron chi connectivity index (χ3n) is 5.36. The lowest BCUT2D eigenvalue weighted by molar-refractivity contribution is 0.0944. The summed E-state index contributed by atoms with van der Waals surface area (Å²) < 4.78 is 5.19. The van der Waals surface area contributed by atoms with Crippen molar-refractivity contribution < 1.29 is 9.53 Å². The molecule has 0 aliphatic carbocycles. The van der Waals surface area contributed by atoms with E-state index < -0.39 is 0 Å². The fraction of sp³-hybridized carbons (Fsp3) is 0.318. The summed E-state index contributed by atoms with van der Waals surface area (Å²) in [7, 11) is 1.60. The lowest BCUT2D eigenvalue weighted by Gasteiger charge is -2.32. The highest BCUT2D eigenvalue weighted by Crippen LogP contribution is 2.25. The number of aromatic nitrogens is 3. The van der Waals surface area contributed by atoms with E-state index in [9.17, 15) is 4.79 Å². The smallest absolute Gasteiger partial charge is 0.251 e. The summed E-state index contributed by atoms with van der Waals surface area (Å²) >= 11 is 0. The SMILES string of the molecule is COc1cccc(C(=O)NCC2CCN(c3cc(-c4cccnc4)[nH]n3)CC2)c1. The Bertz CT molecular complexity index is 949. The van der Waals surface area contributed by atoms with Crippen LogP contribution in [0.15, 0.2) is 54.9 Å². The minimum Gasteiger partial charge on any atom is -0.497 e. The first-order chi connectivity index (χ1) is 14.2. The molecule has 150 valence electrons. The molecule has 1 amide bonds. The second-order valence-corrected chi connectivity index (χ2v) is 7.25. The van der Waals surface area contributed by atoms with E-state index in [1.54, 1.807) is 25.4 Å². The summed E-state index contributed by atoms with van der Waals surface area (Å²) in [4.78, 5) is 18.8. The summed E-state index contributed by atoms with van der Waals surface area (Å²) in [5.41, 5.74) is 2.63. The Morgan fingerprint density at radius 1 is 1.24 bits per heavy atom. The van der Waals surface area contributed by atoms with E-state index in [4.69, 9.17) is 4.74 Å². The summed E-state index contributed by atoms with van der Waals surface area (Å²) in [6.45, 7) is 2.54. The number of amides is 1. The van der Waals surface area contributed by atoms with Gasteiger partial charge in [0.15, 0.2) is 5.82 Å². The number of rotatable bonds is 6. The van der Waals surface area contributed by atoms with E-state index in [1.165, 1.54) is 0 Å². The van der Waals surface area contributed by atoms with Gasteiger partial charge in [-0.3, -0.25) is 14.9 Å². The number of hydrogen-bond donors (Lipinski definition) is 2. The number of hydrogen-bond acceptors (Lipinski definition) is 5. The number of nitrogens with zero attached hydrogens (tertiary/aromatic N) is 3. The van der Waals surface area contributed by atoms with Crippen molar-refractivity contribution in [1.82, 2.24) is 20.5 Å². The van der Waals surface area contributed by atoms with Gasteiger partial charge < -0.3 is 15.0 Å². The molecule has 0 bridgehead atoms. The highest BCUT2D eigenvalue weighted by Gasteiger charge is 2.22. The predicted molar refractivity (Wildman–Crippen MR) is 112 cm³/mol. The molecule has 1 aliphatic heterocycles. The second-order valence-electron chi connectivity index (χ2n) is 7.25. The molecule has 1 aliphatic rings. The van der Waals surface area contributed by atoms with Crippen LogP contribution in [0.1, 0.15) is 23.2 Å². The minimum atomic E-state index is -0.0558. The first-order valence-electron chi connectivity index (χ1n) is 9.86. The number of piperidine rings is 1. The average Bonchev–Trinajstić information content (AvgIpc) is 3.29. The lowest BCUT2D eigenvalue weighted by atomic mass is 9.96. The molecule has 0 radical (unpaired) electrons. The van der Waals surface area contributed by atoms with Crippen molar-refractivity contribution in [1.29, 1.82) is 0 Å². The molecule has 0 spiro atoms. The van der Waals surface area contributed by atoms with Crippen LogP contribution in [0.3, 0.4) is 0 Å². The number of H-pyrrole nitrogens is 1. The second kappa shape index (κ2) is 8.77. The van der Waals surface area contributed by atoms with Crippen molar-refractivity contribution in [2.24, 2.45) is 5.92 Å². The van der Waals surface area contributed by atoms with Crippen LogP contribution in [0.4, 0.5) is 5.82 Å². The topological polar surface area (TPSA) is 83.1 Å². The molecule has 3 aromatic rings. The first kappa shape index (κ1) is 19.0. The van der Waals surface area contributed by atoms with Gasteiger partial charge in [0, 0.05) is 49.2 Å². The molecular weight excluding hydrogens is 366 g/mol. The molecule has 0 atom stereocenters.